The van der Waals surface area contributed by atoms with E-state index in [-0.39, 0.29) is 5.69 Å². The van der Waals surface area contributed by atoms with Crippen LogP contribution in [-0.2, 0) is 0 Å². The minimum Gasteiger partial charge on any atom is -0.397 e. The third kappa shape index (κ3) is 2.58. The van der Waals surface area contributed by atoms with E-state index in [1.807, 2.05) is 49.4 Å². The molecule has 0 spiro atoms. The molecule has 1 aromatic heterocycles. The van der Waals surface area contributed by atoms with Crippen LogP contribution in [0.3, 0.4) is 0 Å². The van der Waals surface area contributed by atoms with E-state index in [1.54, 1.807) is 12.4 Å². The predicted molar refractivity (Wildman–Crippen MR) is 93.7 cm³/mol. The standard InChI is InChI=1S/C20H14N4/c1-13-2-4-14(5-3-13)16-10-17(15-6-8-24-9-7-15)19(12-22)20(23)18(16)11-21/h2-10H,23H2,1H3. The number of nitrogen functional groups attached to an aromatic ring is 1. The summed E-state index contributed by atoms with van der Waals surface area (Å²) in [5.74, 6) is 0. The normalized spacial score (nSPS) is 9.96. The van der Waals surface area contributed by atoms with Crippen LogP contribution in [0.2, 0.25) is 0 Å². The summed E-state index contributed by atoms with van der Waals surface area (Å²) in [5, 5.41) is 19.1. The number of hydrogen-bond donors (Lipinski definition) is 1. The average molecular weight is 310 g/mol. The summed E-state index contributed by atoms with van der Waals surface area (Å²) < 4.78 is 0. The summed E-state index contributed by atoms with van der Waals surface area (Å²) in [5.41, 5.74) is 11.3. The fourth-order valence-corrected chi connectivity index (χ4v) is 2.66. The molecule has 0 atom stereocenters. The third-order valence-electron chi connectivity index (χ3n) is 3.94. The number of aromatic nitrogens is 1. The van der Waals surface area contributed by atoms with E-state index < -0.39 is 0 Å². The Hall–Kier alpha value is -3.63. The molecule has 0 unspecified atom stereocenters. The second-order valence-electron chi connectivity index (χ2n) is 5.46. The van der Waals surface area contributed by atoms with Crippen LogP contribution in [0.1, 0.15) is 16.7 Å². The molecule has 0 radical (unpaired) electrons. The van der Waals surface area contributed by atoms with Crippen molar-refractivity contribution in [1.82, 2.24) is 4.98 Å². The number of benzene rings is 2. The maximum Gasteiger partial charge on any atom is 0.102 e. The molecule has 0 aliphatic carbocycles. The van der Waals surface area contributed by atoms with Gasteiger partial charge in [0.25, 0.3) is 0 Å². The smallest absolute Gasteiger partial charge is 0.102 e. The van der Waals surface area contributed by atoms with Gasteiger partial charge in [-0.1, -0.05) is 29.8 Å². The second-order valence-corrected chi connectivity index (χ2v) is 5.46. The SMILES string of the molecule is Cc1ccc(-c2cc(-c3ccncc3)c(C#N)c(N)c2C#N)cc1. The highest BCUT2D eigenvalue weighted by molar-refractivity contribution is 5.89. The first-order valence-electron chi connectivity index (χ1n) is 7.40. The molecule has 0 amide bonds. The Morgan fingerprint density at radius 3 is 1.83 bits per heavy atom. The highest BCUT2D eigenvalue weighted by Gasteiger charge is 2.18. The van der Waals surface area contributed by atoms with Crippen LogP contribution in [0.15, 0.2) is 54.9 Å². The van der Waals surface area contributed by atoms with Crippen molar-refractivity contribution in [2.45, 2.75) is 6.92 Å². The molecule has 24 heavy (non-hydrogen) atoms. The number of nitriles is 2. The molecule has 0 fully saturated rings. The highest BCUT2D eigenvalue weighted by Crippen LogP contribution is 2.36. The first kappa shape index (κ1) is 15.3. The molecule has 0 aliphatic heterocycles. The molecule has 1 heterocycles. The lowest BCUT2D eigenvalue weighted by Crippen LogP contribution is -2.00. The Morgan fingerprint density at radius 1 is 0.833 bits per heavy atom. The van der Waals surface area contributed by atoms with Crippen molar-refractivity contribution in [2.75, 3.05) is 5.73 Å². The van der Waals surface area contributed by atoms with Crippen molar-refractivity contribution in [3.63, 3.8) is 0 Å². The van der Waals surface area contributed by atoms with E-state index in [9.17, 15) is 10.5 Å². The van der Waals surface area contributed by atoms with Crippen LogP contribution in [0.4, 0.5) is 5.69 Å². The van der Waals surface area contributed by atoms with E-state index in [2.05, 4.69) is 17.1 Å². The zero-order valence-electron chi connectivity index (χ0n) is 13.1. The topological polar surface area (TPSA) is 86.5 Å². The Labute approximate surface area is 140 Å². The van der Waals surface area contributed by atoms with Crippen LogP contribution in [0, 0.1) is 29.6 Å². The first-order chi connectivity index (χ1) is 11.7. The molecule has 2 N–H and O–H groups in total. The van der Waals surface area contributed by atoms with Gasteiger partial charge in [-0.05, 0) is 36.2 Å². The molecule has 3 aromatic rings. The number of rotatable bonds is 2. The van der Waals surface area contributed by atoms with Gasteiger partial charge >= 0.3 is 0 Å². The van der Waals surface area contributed by atoms with Gasteiger partial charge in [0.2, 0.25) is 0 Å². The highest BCUT2D eigenvalue weighted by atomic mass is 14.6. The Morgan fingerprint density at radius 2 is 1.33 bits per heavy atom. The number of hydrogen-bond acceptors (Lipinski definition) is 4. The fourth-order valence-electron chi connectivity index (χ4n) is 2.66. The summed E-state index contributed by atoms with van der Waals surface area (Å²) in [6.45, 7) is 2.00. The maximum absolute atomic E-state index is 9.55. The minimum absolute atomic E-state index is 0.213. The number of aryl methyl sites for hydroxylation is 1. The molecular formula is C20H14N4. The fraction of sp³-hybridized carbons (Fsp3) is 0.0500. The molecule has 114 valence electrons. The molecule has 4 nitrogen and oxygen atoms in total. The van der Waals surface area contributed by atoms with Gasteiger partial charge in [0.05, 0.1) is 16.8 Å². The van der Waals surface area contributed by atoms with Crippen LogP contribution < -0.4 is 5.73 Å². The van der Waals surface area contributed by atoms with Crippen LogP contribution in [-0.4, -0.2) is 4.98 Å². The van der Waals surface area contributed by atoms with Gasteiger partial charge in [0.1, 0.15) is 12.1 Å². The maximum atomic E-state index is 9.55. The van der Waals surface area contributed by atoms with E-state index >= 15 is 0 Å². The monoisotopic (exact) mass is 310 g/mol. The molecular weight excluding hydrogens is 296 g/mol. The van der Waals surface area contributed by atoms with E-state index in [1.165, 1.54) is 0 Å². The van der Waals surface area contributed by atoms with Crippen molar-refractivity contribution in [2.24, 2.45) is 0 Å². The largest absolute Gasteiger partial charge is 0.397 e. The lowest BCUT2D eigenvalue weighted by atomic mass is 9.90. The van der Waals surface area contributed by atoms with Crippen LogP contribution in [0.25, 0.3) is 22.3 Å². The van der Waals surface area contributed by atoms with Crippen molar-refractivity contribution in [1.29, 1.82) is 10.5 Å². The molecule has 0 saturated carbocycles. The molecule has 2 aromatic carbocycles. The molecule has 3 rings (SSSR count). The molecule has 0 saturated heterocycles. The van der Waals surface area contributed by atoms with Gasteiger partial charge in [-0.15, -0.1) is 0 Å². The van der Waals surface area contributed by atoms with Gasteiger partial charge in [-0.2, -0.15) is 10.5 Å². The van der Waals surface area contributed by atoms with Gasteiger partial charge in [0.15, 0.2) is 0 Å². The van der Waals surface area contributed by atoms with Gasteiger partial charge < -0.3 is 5.73 Å². The predicted octanol–water partition coefficient (Wildman–Crippen LogP) is 4.05. The van der Waals surface area contributed by atoms with Crippen molar-refractivity contribution in [3.8, 4) is 34.4 Å². The lowest BCUT2D eigenvalue weighted by molar-refractivity contribution is 1.33. The van der Waals surface area contributed by atoms with Gasteiger partial charge in [-0.3, -0.25) is 4.98 Å². The van der Waals surface area contributed by atoms with Gasteiger partial charge in [0, 0.05) is 23.5 Å². The third-order valence-corrected chi connectivity index (χ3v) is 3.94. The summed E-state index contributed by atoms with van der Waals surface area (Å²) in [6, 6.07) is 17.6. The van der Waals surface area contributed by atoms with E-state index in [4.69, 9.17) is 5.73 Å². The van der Waals surface area contributed by atoms with Crippen molar-refractivity contribution in [3.05, 3.63) is 71.5 Å². The summed E-state index contributed by atoms with van der Waals surface area (Å²) in [4.78, 5) is 4.01. The molecule has 0 aliphatic rings. The summed E-state index contributed by atoms with van der Waals surface area (Å²) >= 11 is 0. The van der Waals surface area contributed by atoms with Gasteiger partial charge in [-0.25, -0.2) is 0 Å². The molecule has 0 bridgehead atoms. The zero-order chi connectivity index (χ0) is 17.1. The van der Waals surface area contributed by atoms with Crippen molar-refractivity contribution >= 4 is 5.69 Å². The number of nitrogens with zero attached hydrogens (tertiary/aromatic N) is 3. The second kappa shape index (κ2) is 6.24. The Balaban J connectivity index is 2.34. The zero-order valence-corrected chi connectivity index (χ0v) is 13.1. The molecule has 4 heteroatoms. The van der Waals surface area contributed by atoms with Crippen molar-refractivity contribution < 1.29 is 0 Å². The number of nitrogens with two attached hydrogens (primary N) is 1. The van der Waals surface area contributed by atoms with Crippen LogP contribution in [0.5, 0.6) is 0 Å². The Bertz CT molecular complexity index is 975. The lowest BCUT2D eigenvalue weighted by Gasteiger charge is -2.14. The van der Waals surface area contributed by atoms with E-state index in [0.29, 0.717) is 16.7 Å². The Kier molecular flexibility index (Phi) is 3.97. The summed E-state index contributed by atoms with van der Waals surface area (Å²) in [7, 11) is 0. The first-order valence-corrected chi connectivity index (χ1v) is 7.40. The number of pyridine rings is 1. The van der Waals surface area contributed by atoms with Crippen LogP contribution >= 0.6 is 0 Å². The quantitative estimate of drug-likeness (QED) is 0.723. The number of anilines is 1. The summed E-state index contributed by atoms with van der Waals surface area (Å²) in [6.07, 6.45) is 3.33. The average Bonchev–Trinajstić information content (AvgIpc) is 2.62. The minimum atomic E-state index is 0.213. The van der Waals surface area contributed by atoms with E-state index in [0.717, 1.165) is 22.3 Å².